The summed E-state index contributed by atoms with van der Waals surface area (Å²) in [5.41, 5.74) is 2.60. The van der Waals surface area contributed by atoms with Crippen molar-refractivity contribution < 1.29 is 56.0 Å². The second-order valence-electron chi connectivity index (χ2n) is 9.09. The second kappa shape index (κ2) is 10.7. The average Bonchev–Trinajstić information content (AvgIpc) is 2.88. The Morgan fingerprint density at radius 1 is 1.04 bits per heavy atom. The molecule has 0 spiro atoms. The number of ether oxygens (including phenoxy) is 2. The molecule has 0 fully saturated rings. The SMILES string of the molecule is CC(C)OC1(OC2=[C-]CC=C2)CC=C(C(C)(C)C)C=C1C(C)(C)C.[Cl-].[Cl-].[Ti+3]. The summed E-state index contributed by atoms with van der Waals surface area (Å²) in [7, 11) is 0. The largest absolute Gasteiger partial charge is 3.00 e. The minimum Gasteiger partial charge on any atom is -1.00 e. The number of rotatable bonds is 4. The van der Waals surface area contributed by atoms with Gasteiger partial charge in [-0.2, -0.15) is 12.2 Å². The van der Waals surface area contributed by atoms with Crippen LogP contribution in [-0.4, -0.2) is 11.9 Å². The zero-order chi connectivity index (χ0) is 18.2. The Morgan fingerprint density at radius 3 is 2.04 bits per heavy atom. The molecule has 2 rings (SSSR count). The van der Waals surface area contributed by atoms with E-state index in [0.717, 1.165) is 18.6 Å². The van der Waals surface area contributed by atoms with Gasteiger partial charge in [0.15, 0.2) is 0 Å². The Morgan fingerprint density at radius 2 is 1.63 bits per heavy atom. The van der Waals surface area contributed by atoms with Crippen LogP contribution in [-0.2, 0) is 31.2 Å². The third-order valence-electron chi connectivity index (χ3n) is 4.34. The van der Waals surface area contributed by atoms with Gasteiger partial charge >= 0.3 is 21.7 Å². The van der Waals surface area contributed by atoms with Crippen molar-refractivity contribution in [2.75, 3.05) is 0 Å². The van der Waals surface area contributed by atoms with E-state index in [0.29, 0.717) is 0 Å². The number of allylic oxidation sites excluding steroid dienone is 5. The van der Waals surface area contributed by atoms with Crippen LogP contribution in [0.5, 0.6) is 0 Å². The van der Waals surface area contributed by atoms with Crippen LogP contribution in [0.25, 0.3) is 0 Å². The van der Waals surface area contributed by atoms with Crippen LogP contribution in [0.15, 0.2) is 41.2 Å². The molecule has 1 atom stereocenters. The van der Waals surface area contributed by atoms with E-state index in [9.17, 15) is 0 Å². The molecule has 151 valence electrons. The molecule has 1 unspecified atom stereocenters. The van der Waals surface area contributed by atoms with Crippen molar-refractivity contribution in [3.63, 3.8) is 0 Å². The fourth-order valence-electron chi connectivity index (χ4n) is 3.23. The molecule has 0 aromatic heterocycles. The molecular formula is C22H33Cl2O2Ti. The normalized spacial score (nSPS) is 22.0. The maximum Gasteiger partial charge on any atom is 3.00 e. The Kier molecular flexibility index (Phi) is 11.6. The van der Waals surface area contributed by atoms with Gasteiger partial charge in [-0.05, 0) is 36.0 Å². The molecule has 5 heteroatoms. The van der Waals surface area contributed by atoms with Crippen molar-refractivity contribution in [3.05, 3.63) is 47.3 Å². The Bertz CT molecular complexity index is 605. The predicted molar refractivity (Wildman–Crippen MR) is 100 cm³/mol. The molecule has 2 aliphatic rings. The zero-order valence-corrected chi connectivity index (χ0v) is 20.9. The Balaban J connectivity index is 0. The standard InChI is InChI=1S/C22H33O2.2ClH.Ti/c1-16(2)23-22(24-18-11-9-10-12-18)14-13-17(20(3,4)5)15-19(22)21(6,7)8;;;/h9,11,13,15-16H,10,14H2,1-8H3;2*1H;/q-1;;;+3/p-2. The molecule has 0 N–H and O–H groups in total. The molecular weight excluding hydrogens is 415 g/mol. The van der Waals surface area contributed by atoms with Gasteiger partial charge in [0.1, 0.15) is 0 Å². The molecule has 0 amide bonds. The second-order valence-corrected chi connectivity index (χ2v) is 9.09. The van der Waals surface area contributed by atoms with Gasteiger partial charge < -0.3 is 34.3 Å². The topological polar surface area (TPSA) is 18.5 Å². The molecule has 0 saturated heterocycles. The van der Waals surface area contributed by atoms with Crippen molar-refractivity contribution in [3.8, 4) is 0 Å². The van der Waals surface area contributed by atoms with Gasteiger partial charge in [-0.15, -0.1) is 6.42 Å². The first-order valence-electron chi connectivity index (χ1n) is 9.01. The first-order valence-corrected chi connectivity index (χ1v) is 9.01. The van der Waals surface area contributed by atoms with Crippen LogP contribution in [0, 0.1) is 16.9 Å². The van der Waals surface area contributed by atoms with Crippen LogP contribution in [0.3, 0.4) is 0 Å². The van der Waals surface area contributed by atoms with E-state index < -0.39 is 5.79 Å². The summed E-state index contributed by atoms with van der Waals surface area (Å²) < 4.78 is 12.8. The van der Waals surface area contributed by atoms with Crippen LogP contribution < -0.4 is 24.8 Å². The molecule has 0 aromatic rings. The molecule has 27 heavy (non-hydrogen) atoms. The summed E-state index contributed by atoms with van der Waals surface area (Å²) in [4.78, 5) is 0. The van der Waals surface area contributed by atoms with Crippen molar-refractivity contribution in [2.45, 2.75) is 80.1 Å². The minimum absolute atomic E-state index is 0. The average molecular weight is 448 g/mol. The van der Waals surface area contributed by atoms with E-state index >= 15 is 0 Å². The van der Waals surface area contributed by atoms with Crippen LogP contribution in [0.4, 0.5) is 0 Å². The summed E-state index contributed by atoms with van der Waals surface area (Å²) in [6, 6.07) is 0. The summed E-state index contributed by atoms with van der Waals surface area (Å²) >= 11 is 0. The molecule has 2 nitrogen and oxygen atoms in total. The van der Waals surface area contributed by atoms with Crippen molar-refractivity contribution in [1.82, 2.24) is 0 Å². The monoisotopic (exact) mass is 447 g/mol. The number of halogens is 2. The van der Waals surface area contributed by atoms with E-state index in [-0.39, 0.29) is 63.5 Å². The molecule has 0 aromatic carbocycles. The van der Waals surface area contributed by atoms with E-state index in [2.05, 4.69) is 79.7 Å². The van der Waals surface area contributed by atoms with E-state index in [1.165, 1.54) is 11.1 Å². The van der Waals surface area contributed by atoms with Gasteiger partial charge in [0, 0.05) is 12.0 Å². The molecule has 2 aliphatic carbocycles. The quantitative estimate of drug-likeness (QED) is 0.346. The maximum atomic E-state index is 6.43. The molecule has 0 aliphatic heterocycles. The summed E-state index contributed by atoms with van der Waals surface area (Å²) in [5, 5.41) is 0. The van der Waals surface area contributed by atoms with Crippen molar-refractivity contribution in [1.29, 1.82) is 0 Å². The van der Waals surface area contributed by atoms with Gasteiger partial charge in [0.2, 0.25) is 5.79 Å². The van der Waals surface area contributed by atoms with Gasteiger partial charge in [-0.1, -0.05) is 53.7 Å². The fourth-order valence-corrected chi connectivity index (χ4v) is 3.23. The van der Waals surface area contributed by atoms with Crippen molar-refractivity contribution >= 4 is 0 Å². The molecule has 0 bridgehead atoms. The van der Waals surface area contributed by atoms with Gasteiger partial charge in [-0.25, -0.2) is 6.08 Å². The number of hydrogen-bond donors (Lipinski definition) is 0. The maximum absolute atomic E-state index is 6.43. The zero-order valence-electron chi connectivity index (χ0n) is 17.9. The van der Waals surface area contributed by atoms with Crippen molar-refractivity contribution in [2.24, 2.45) is 10.8 Å². The minimum atomic E-state index is -0.752. The van der Waals surface area contributed by atoms with Crippen LogP contribution in [0.1, 0.15) is 68.2 Å². The summed E-state index contributed by atoms with van der Waals surface area (Å²) in [5.74, 6) is 0.0384. The number of hydrogen-bond acceptors (Lipinski definition) is 2. The van der Waals surface area contributed by atoms with Gasteiger partial charge in [-0.3, -0.25) is 0 Å². The third-order valence-corrected chi connectivity index (χ3v) is 4.34. The van der Waals surface area contributed by atoms with E-state index in [1.807, 2.05) is 6.08 Å². The van der Waals surface area contributed by atoms with Gasteiger partial charge in [0.25, 0.3) is 0 Å². The third kappa shape index (κ3) is 7.40. The Hall–Kier alpha value is 0.0143. The van der Waals surface area contributed by atoms with Crippen LogP contribution in [0.2, 0.25) is 0 Å². The fraction of sp³-hybridized carbons (Fsp3) is 0.636. The Labute approximate surface area is 193 Å². The first kappa shape index (κ1) is 29.2. The van der Waals surface area contributed by atoms with E-state index in [4.69, 9.17) is 9.47 Å². The molecule has 1 radical (unpaired) electrons. The van der Waals surface area contributed by atoms with E-state index in [1.54, 1.807) is 0 Å². The molecule has 0 saturated carbocycles. The summed E-state index contributed by atoms with van der Waals surface area (Å²) in [6.45, 7) is 17.6. The summed E-state index contributed by atoms with van der Waals surface area (Å²) in [6.07, 6.45) is 13.5. The molecule has 0 heterocycles. The smallest absolute Gasteiger partial charge is 1.00 e. The van der Waals surface area contributed by atoms with Gasteiger partial charge in [0.05, 0.1) is 6.10 Å². The van der Waals surface area contributed by atoms with Crippen LogP contribution >= 0.6 is 0 Å². The first-order chi connectivity index (χ1) is 10.9. The predicted octanol–water partition coefficient (Wildman–Crippen LogP) is 0.125.